The van der Waals surface area contributed by atoms with Crippen LogP contribution in [-0.2, 0) is 12.3 Å². The average molecular weight is 440 g/mol. The van der Waals surface area contributed by atoms with Gasteiger partial charge in [0.25, 0.3) is 5.91 Å². The Labute approximate surface area is 189 Å². The molecule has 0 bridgehead atoms. The van der Waals surface area contributed by atoms with Crippen molar-refractivity contribution in [2.45, 2.75) is 17.2 Å². The van der Waals surface area contributed by atoms with E-state index in [1.165, 1.54) is 0 Å². The SMILES string of the molecule is O=C(NCc1cnn(-c2ccccc2)c1)c1ccccc1SCc1cn2ccccc2n1. The molecule has 0 radical (unpaired) electrons. The Morgan fingerprint density at radius 2 is 1.75 bits per heavy atom. The number of carbonyl (C=O) groups is 1. The first-order chi connectivity index (χ1) is 15.8. The molecule has 7 heteroatoms. The fraction of sp³-hybridized carbons (Fsp3) is 0.0800. The van der Waals surface area contributed by atoms with E-state index < -0.39 is 0 Å². The Morgan fingerprint density at radius 1 is 0.938 bits per heavy atom. The van der Waals surface area contributed by atoms with Crippen LogP contribution in [0.5, 0.6) is 0 Å². The summed E-state index contributed by atoms with van der Waals surface area (Å²) in [5, 5.41) is 7.40. The van der Waals surface area contributed by atoms with Gasteiger partial charge in [-0.15, -0.1) is 11.8 Å². The lowest BCUT2D eigenvalue weighted by molar-refractivity contribution is 0.0948. The molecule has 0 atom stereocenters. The van der Waals surface area contributed by atoms with Crippen molar-refractivity contribution >= 4 is 23.3 Å². The zero-order valence-electron chi connectivity index (χ0n) is 17.3. The highest BCUT2D eigenvalue weighted by atomic mass is 32.2. The van der Waals surface area contributed by atoms with Crippen molar-refractivity contribution in [2.75, 3.05) is 0 Å². The highest BCUT2D eigenvalue weighted by molar-refractivity contribution is 7.98. The summed E-state index contributed by atoms with van der Waals surface area (Å²) in [6, 6.07) is 23.5. The van der Waals surface area contributed by atoms with Crippen molar-refractivity contribution in [3.05, 3.63) is 114 Å². The van der Waals surface area contributed by atoms with Crippen LogP contribution >= 0.6 is 11.8 Å². The van der Waals surface area contributed by atoms with Gasteiger partial charge in [-0.25, -0.2) is 9.67 Å². The molecule has 3 heterocycles. The molecule has 0 aliphatic heterocycles. The first kappa shape index (κ1) is 20.1. The van der Waals surface area contributed by atoms with Gasteiger partial charge in [-0.1, -0.05) is 36.4 Å². The fourth-order valence-corrected chi connectivity index (χ4v) is 4.37. The lowest BCUT2D eigenvalue weighted by Gasteiger charge is -2.09. The van der Waals surface area contributed by atoms with E-state index in [9.17, 15) is 4.79 Å². The quantitative estimate of drug-likeness (QED) is 0.372. The molecule has 3 aromatic heterocycles. The fourth-order valence-electron chi connectivity index (χ4n) is 3.44. The number of rotatable bonds is 7. The molecule has 158 valence electrons. The summed E-state index contributed by atoms with van der Waals surface area (Å²) in [5.41, 5.74) is 4.49. The second-order valence-corrected chi connectivity index (χ2v) is 8.31. The Bertz CT molecular complexity index is 1330. The largest absolute Gasteiger partial charge is 0.348 e. The van der Waals surface area contributed by atoms with Gasteiger partial charge in [0.15, 0.2) is 0 Å². The number of nitrogens with zero attached hydrogens (tertiary/aromatic N) is 4. The Morgan fingerprint density at radius 3 is 2.62 bits per heavy atom. The Balaban J connectivity index is 1.24. The molecule has 1 amide bonds. The number of hydrogen-bond acceptors (Lipinski definition) is 4. The summed E-state index contributed by atoms with van der Waals surface area (Å²) in [6.45, 7) is 0.414. The van der Waals surface area contributed by atoms with Crippen LogP contribution in [0.1, 0.15) is 21.6 Å². The number of hydrogen-bond donors (Lipinski definition) is 1. The van der Waals surface area contributed by atoms with Crippen LogP contribution in [0.4, 0.5) is 0 Å². The minimum atomic E-state index is -0.101. The normalized spacial score (nSPS) is 11.0. The molecule has 0 aliphatic carbocycles. The topological polar surface area (TPSA) is 64.2 Å². The molecule has 1 N–H and O–H groups in total. The molecule has 0 aliphatic rings. The Kier molecular flexibility index (Phi) is 5.72. The maximum absolute atomic E-state index is 12.9. The molecule has 0 spiro atoms. The molecule has 0 saturated carbocycles. The number of aromatic nitrogens is 4. The summed E-state index contributed by atoms with van der Waals surface area (Å²) in [7, 11) is 0. The third kappa shape index (κ3) is 4.43. The van der Waals surface area contributed by atoms with E-state index in [1.807, 2.05) is 95.8 Å². The molecule has 6 nitrogen and oxygen atoms in total. The number of pyridine rings is 1. The standard InChI is InChI=1S/C25H21N5OS/c31-25(26-14-19-15-27-30(16-19)21-8-2-1-3-9-21)22-10-4-5-11-23(22)32-18-20-17-29-13-7-6-12-24(29)28-20/h1-13,15-17H,14,18H2,(H,26,31). The molecule has 32 heavy (non-hydrogen) atoms. The number of imidazole rings is 1. The molecular formula is C25H21N5OS. The monoisotopic (exact) mass is 439 g/mol. The average Bonchev–Trinajstić information content (AvgIpc) is 3.49. The maximum Gasteiger partial charge on any atom is 0.252 e. The van der Waals surface area contributed by atoms with Crippen molar-refractivity contribution < 1.29 is 4.79 Å². The van der Waals surface area contributed by atoms with Gasteiger partial charge >= 0.3 is 0 Å². The molecule has 5 aromatic rings. The van der Waals surface area contributed by atoms with Crippen molar-refractivity contribution in [3.8, 4) is 5.69 Å². The van der Waals surface area contributed by atoms with E-state index >= 15 is 0 Å². The van der Waals surface area contributed by atoms with Gasteiger partial charge in [0.05, 0.1) is 23.1 Å². The van der Waals surface area contributed by atoms with Gasteiger partial charge in [0.2, 0.25) is 0 Å². The third-order valence-electron chi connectivity index (χ3n) is 5.03. The summed E-state index contributed by atoms with van der Waals surface area (Å²) in [6.07, 6.45) is 7.71. The van der Waals surface area contributed by atoms with E-state index in [2.05, 4.69) is 15.4 Å². The number of benzene rings is 2. The minimum Gasteiger partial charge on any atom is -0.348 e. The second-order valence-electron chi connectivity index (χ2n) is 7.29. The first-order valence-electron chi connectivity index (χ1n) is 10.3. The maximum atomic E-state index is 12.9. The predicted octanol–water partition coefficient (Wildman–Crippen LogP) is 4.74. The van der Waals surface area contributed by atoms with E-state index in [0.29, 0.717) is 17.9 Å². The van der Waals surface area contributed by atoms with Crippen molar-refractivity contribution in [2.24, 2.45) is 0 Å². The number of para-hydroxylation sites is 1. The van der Waals surface area contributed by atoms with Crippen molar-refractivity contribution in [1.29, 1.82) is 0 Å². The van der Waals surface area contributed by atoms with E-state index in [4.69, 9.17) is 0 Å². The second kappa shape index (κ2) is 9.11. The number of carbonyl (C=O) groups excluding carboxylic acids is 1. The molecule has 0 saturated heterocycles. The van der Waals surface area contributed by atoms with Gasteiger partial charge in [-0.2, -0.15) is 5.10 Å². The zero-order chi connectivity index (χ0) is 21.8. The lowest BCUT2D eigenvalue weighted by atomic mass is 10.2. The minimum absolute atomic E-state index is 0.101. The molecule has 5 rings (SSSR count). The Hall–Kier alpha value is -3.84. The number of thioether (sulfide) groups is 1. The van der Waals surface area contributed by atoms with Gasteiger partial charge in [0, 0.05) is 41.3 Å². The van der Waals surface area contributed by atoms with Crippen LogP contribution in [0, 0.1) is 0 Å². The van der Waals surface area contributed by atoms with Crippen LogP contribution < -0.4 is 5.32 Å². The predicted molar refractivity (Wildman–Crippen MR) is 126 cm³/mol. The highest BCUT2D eigenvalue weighted by Gasteiger charge is 2.13. The van der Waals surface area contributed by atoms with E-state index in [-0.39, 0.29) is 5.91 Å². The van der Waals surface area contributed by atoms with Crippen molar-refractivity contribution in [3.63, 3.8) is 0 Å². The van der Waals surface area contributed by atoms with Crippen LogP contribution in [-0.4, -0.2) is 25.1 Å². The van der Waals surface area contributed by atoms with Crippen molar-refractivity contribution in [1.82, 2.24) is 24.5 Å². The van der Waals surface area contributed by atoms with Gasteiger partial charge < -0.3 is 9.72 Å². The van der Waals surface area contributed by atoms with Crippen LogP contribution in [0.25, 0.3) is 11.3 Å². The number of fused-ring (bicyclic) bond motifs is 1. The molecule has 0 unspecified atom stereocenters. The number of amides is 1. The zero-order valence-corrected chi connectivity index (χ0v) is 18.1. The van der Waals surface area contributed by atoms with E-state index in [0.717, 1.165) is 27.5 Å². The highest BCUT2D eigenvalue weighted by Crippen LogP contribution is 2.26. The summed E-state index contributed by atoms with van der Waals surface area (Å²) in [4.78, 5) is 18.5. The van der Waals surface area contributed by atoms with Gasteiger partial charge in [-0.05, 0) is 36.4 Å². The third-order valence-corrected chi connectivity index (χ3v) is 6.14. The van der Waals surface area contributed by atoms with Crippen LogP contribution in [0.2, 0.25) is 0 Å². The number of nitrogens with one attached hydrogen (secondary N) is 1. The summed E-state index contributed by atoms with van der Waals surface area (Å²) in [5.74, 6) is 0.589. The van der Waals surface area contributed by atoms with Crippen LogP contribution in [0.3, 0.4) is 0 Å². The van der Waals surface area contributed by atoms with Gasteiger partial charge in [0.1, 0.15) is 5.65 Å². The first-order valence-corrected chi connectivity index (χ1v) is 11.3. The summed E-state index contributed by atoms with van der Waals surface area (Å²) >= 11 is 1.61. The van der Waals surface area contributed by atoms with E-state index in [1.54, 1.807) is 22.6 Å². The molecular weight excluding hydrogens is 418 g/mol. The van der Waals surface area contributed by atoms with Gasteiger partial charge in [-0.3, -0.25) is 4.79 Å². The molecule has 2 aromatic carbocycles. The van der Waals surface area contributed by atoms with Crippen LogP contribution in [0.15, 0.2) is 102 Å². The lowest BCUT2D eigenvalue weighted by Crippen LogP contribution is -2.23. The summed E-state index contributed by atoms with van der Waals surface area (Å²) < 4.78 is 3.81. The smallest absolute Gasteiger partial charge is 0.252 e. The molecule has 0 fully saturated rings.